The molecule has 0 amide bonds. The van der Waals surface area contributed by atoms with E-state index in [2.05, 4.69) is 6.07 Å². The summed E-state index contributed by atoms with van der Waals surface area (Å²) in [5.41, 5.74) is 3.07. The molecule has 0 atom stereocenters. The second kappa shape index (κ2) is 5.84. The van der Waals surface area contributed by atoms with E-state index >= 15 is 0 Å². The number of nitriles is 1. The Hall–Kier alpha value is -1.33. The second-order valence-electron chi connectivity index (χ2n) is 4.92. The maximum absolute atomic E-state index is 8.79. The minimum absolute atomic E-state index is 0.675. The van der Waals surface area contributed by atoms with Crippen molar-refractivity contribution in [3.63, 3.8) is 0 Å². The fourth-order valence-electron chi connectivity index (χ4n) is 2.44. The molecule has 0 N–H and O–H groups in total. The molecule has 1 saturated carbocycles. The predicted octanol–water partition coefficient (Wildman–Crippen LogP) is 3.57. The van der Waals surface area contributed by atoms with Crippen LogP contribution in [0.15, 0.2) is 18.2 Å². The van der Waals surface area contributed by atoms with E-state index in [4.69, 9.17) is 10.00 Å². The van der Waals surface area contributed by atoms with Gasteiger partial charge in [-0.25, -0.2) is 0 Å². The molecule has 0 radical (unpaired) electrons. The number of hydrogen-bond acceptors (Lipinski definition) is 2. The number of benzene rings is 1. The quantitative estimate of drug-likeness (QED) is 0.790. The molecule has 2 nitrogen and oxygen atoms in total. The Morgan fingerprint density at radius 2 is 2.12 bits per heavy atom. The lowest BCUT2D eigenvalue weighted by atomic mass is 10.1. The molecule has 90 valence electrons. The summed E-state index contributed by atoms with van der Waals surface area (Å²) in [6.07, 6.45) is 5.38. The summed E-state index contributed by atoms with van der Waals surface area (Å²) in [6.45, 7) is 3.60. The average Bonchev–Trinajstić information content (AvgIpc) is 2.84. The van der Waals surface area contributed by atoms with Gasteiger partial charge in [-0.3, -0.25) is 0 Å². The highest BCUT2D eigenvalue weighted by Gasteiger charge is 2.14. The molecule has 1 aromatic carbocycles. The third-order valence-corrected chi connectivity index (χ3v) is 3.56. The Morgan fingerprint density at radius 3 is 2.76 bits per heavy atom. The number of hydrogen-bond donors (Lipinski definition) is 0. The third-order valence-electron chi connectivity index (χ3n) is 3.56. The van der Waals surface area contributed by atoms with Crippen molar-refractivity contribution in [1.29, 1.82) is 5.26 Å². The number of ether oxygens (including phenoxy) is 1. The molecule has 17 heavy (non-hydrogen) atoms. The van der Waals surface area contributed by atoms with Crippen LogP contribution in [0.4, 0.5) is 0 Å². The molecule has 0 aromatic heterocycles. The van der Waals surface area contributed by atoms with Crippen LogP contribution >= 0.6 is 0 Å². The molecule has 2 heteroatoms. The normalized spacial score (nSPS) is 16.0. The maximum atomic E-state index is 8.79. The van der Waals surface area contributed by atoms with Crippen LogP contribution in [0.2, 0.25) is 0 Å². The van der Waals surface area contributed by atoms with Crippen LogP contribution in [0.25, 0.3) is 0 Å². The zero-order valence-electron chi connectivity index (χ0n) is 10.4. The lowest BCUT2D eigenvalue weighted by Crippen LogP contribution is -2.06. The second-order valence-corrected chi connectivity index (χ2v) is 4.92. The molecule has 1 aliphatic carbocycles. The fourth-order valence-corrected chi connectivity index (χ4v) is 2.44. The van der Waals surface area contributed by atoms with Crippen molar-refractivity contribution in [2.24, 2.45) is 5.92 Å². The van der Waals surface area contributed by atoms with Gasteiger partial charge in [0.2, 0.25) is 0 Å². The zero-order chi connectivity index (χ0) is 12.1. The van der Waals surface area contributed by atoms with E-state index in [0.29, 0.717) is 6.61 Å². The van der Waals surface area contributed by atoms with Crippen LogP contribution in [0.3, 0.4) is 0 Å². The Balaban J connectivity index is 1.84. The van der Waals surface area contributed by atoms with Crippen molar-refractivity contribution in [3.8, 4) is 6.07 Å². The standard InChI is InChI=1S/C15H19NO/c1-12-8-14(9-16)6-7-15(12)11-17-10-13-4-2-3-5-13/h6-8,13H,2-5,10-11H2,1H3. The van der Waals surface area contributed by atoms with Crippen molar-refractivity contribution < 1.29 is 4.74 Å². The summed E-state index contributed by atoms with van der Waals surface area (Å²) in [5, 5.41) is 8.79. The molecular weight excluding hydrogens is 210 g/mol. The minimum Gasteiger partial charge on any atom is -0.376 e. The lowest BCUT2D eigenvalue weighted by Gasteiger charge is -2.11. The van der Waals surface area contributed by atoms with Gasteiger partial charge in [-0.05, 0) is 48.9 Å². The highest BCUT2D eigenvalue weighted by Crippen LogP contribution is 2.25. The lowest BCUT2D eigenvalue weighted by molar-refractivity contribution is 0.0885. The molecule has 0 bridgehead atoms. The van der Waals surface area contributed by atoms with Gasteiger partial charge in [0.1, 0.15) is 0 Å². The predicted molar refractivity (Wildman–Crippen MR) is 67.5 cm³/mol. The van der Waals surface area contributed by atoms with Crippen LogP contribution in [0.5, 0.6) is 0 Å². The van der Waals surface area contributed by atoms with Gasteiger partial charge in [-0.15, -0.1) is 0 Å². The van der Waals surface area contributed by atoms with Crippen LogP contribution < -0.4 is 0 Å². The monoisotopic (exact) mass is 229 g/mol. The van der Waals surface area contributed by atoms with Crippen molar-refractivity contribution in [2.75, 3.05) is 6.61 Å². The first-order valence-electron chi connectivity index (χ1n) is 6.37. The van der Waals surface area contributed by atoms with Crippen molar-refractivity contribution in [1.82, 2.24) is 0 Å². The summed E-state index contributed by atoms with van der Waals surface area (Å²) in [6, 6.07) is 7.94. The molecule has 1 aliphatic rings. The van der Waals surface area contributed by atoms with Gasteiger partial charge < -0.3 is 4.74 Å². The van der Waals surface area contributed by atoms with E-state index in [1.54, 1.807) is 0 Å². The van der Waals surface area contributed by atoms with Gasteiger partial charge in [-0.2, -0.15) is 5.26 Å². The van der Waals surface area contributed by atoms with Crippen molar-refractivity contribution >= 4 is 0 Å². The van der Waals surface area contributed by atoms with E-state index in [-0.39, 0.29) is 0 Å². The largest absolute Gasteiger partial charge is 0.376 e. The molecular formula is C15H19NO. The van der Waals surface area contributed by atoms with Gasteiger partial charge in [0.15, 0.2) is 0 Å². The zero-order valence-corrected chi connectivity index (χ0v) is 10.4. The maximum Gasteiger partial charge on any atom is 0.0991 e. The van der Waals surface area contributed by atoms with Crippen molar-refractivity contribution in [3.05, 3.63) is 34.9 Å². The smallest absolute Gasteiger partial charge is 0.0991 e. The SMILES string of the molecule is Cc1cc(C#N)ccc1COCC1CCCC1. The topological polar surface area (TPSA) is 33.0 Å². The number of aryl methyl sites for hydroxylation is 1. The molecule has 0 unspecified atom stereocenters. The molecule has 1 aromatic rings. The molecule has 0 saturated heterocycles. The van der Waals surface area contributed by atoms with E-state index in [1.165, 1.54) is 31.2 Å². The van der Waals surface area contributed by atoms with Gasteiger partial charge in [0.25, 0.3) is 0 Å². The van der Waals surface area contributed by atoms with Gasteiger partial charge >= 0.3 is 0 Å². The molecule has 0 aliphatic heterocycles. The Bertz CT molecular complexity index is 413. The minimum atomic E-state index is 0.675. The highest BCUT2D eigenvalue weighted by atomic mass is 16.5. The van der Waals surface area contributed by atoms with Crippen LogP contribution in [0.1, 0.15) is 42.4 Å². The van der Waals surface area contributed by atoms with E-state index in [0.717, 1.165) is 23.7 Å². The van der Waals surface area contributed by atoms with Gasteiger partial charge in [0.05, 0.1) is 18.2 Å². The number of nitrogens with zero attached hydrogens (tertiary/aromatic N) is 1. The fraction of sp³-hybridized carbons (Fsp3) is 0.533. The first-order chi connectivity index (χ1) is 8.29. The molecule has 1 fully saturated rings. The number of rotatable bonds is 4. The van der Waals surface area contributed by atoms with Crippen molar-refractivity contribution in [2.45, 2.75) is 39.2 Å². The molecule has 0 spiro atoms. The Kier molecular flexibility index (Phi) is 4.17. The summed E-state index contributed by atoms with van der Waals surface area (Å²) >= 11 is 0. The van der Waals surface area contributed by atoms with Gasteiger partial charge in [0, 0.05) is 6.61 Å². The first kappa shape index (κ1) is 12.1. The highest BCUT2D eigenvalue weighted by molar-refractivity contribution is 5.37. The summed E-state index contributed by atoms with van der Waals surface area (Å²) in [7, 11) is 0. The molecule has 2 rings (SSSR count). The van der Waals surface area contributed by atoms with Crippen LogP contribution in [-0.4, -0.2) is 6.61 Å². The van der Waals surface area contributed by atoms with E-state index in [1.807, 2.05) is 25.1 Å². The van der Waals surface area contributed by atoms with E-state index in [9.17, 15) is 0 Å². The Morgan fingerprint density at radius 1 is 1.35 bits per heavy atom. The van der Waals surface area contributed by atoms with Gasteiger partial charge in [-0.1, -0.05) is 18.9 Å². The summed E-state index contributed by atoms with van der Waals surface area (Å²) in [4.78, 5) is 0. The van der Waals surface area contributed by atoms with Crippen LogP contribution in [-0.2, 0) is 11.3 Å². The first-order valence-corrected chi connectivity index (χ1v) is 6.37. The average molecular weight is 229 g/mol. The molecule has 0 heterocycles. The summed E-state index contributed by atoms with van der Waals surface area (Å²) in [5.74, 6) is 0.772. The third kappa shape index (κ3) is 3.31. The summed E-state index contributed by atoms with van der Waals surface area (Å²) < 4.78 is 5.78. The Labute approximate surface area is 103 Å². The van der Waals surface area contributed by atoms with E-state index < -0.39 is 0 Å². The van der Waals surface area contributed by atoms with Crippen LogP contribution in [0, 0.1) is 24.2 Å².